The van der Waals surface area contributed by atoms with Crippen LogP contribution in [-0.4, -0.2) is 35.1 Å². The van der Waals surface area contributed by atoms with E-state index in [1.807, 2.05) is 19.1 Å². The lowest BCUT2D eigenvalue weighted by Crippen LogP contribution is -2.45. The van der Waals surface area contributed by atoms with Gasteiger partial charge in [-0.15, -0.1) is 24.8 Å². The van der Waals surface area contributed by atoms with E-state index >= 15 is 0 Å². The Kier molecular flexibility index (Phi) is 8.15. The Bertz CT molecular complexity index is 707. The van der Waals surface area contributed by atoms with Gasteiger partial charge in [-0.1, -0.05) is 6.07 Å². The van der Waals surface area contributed by atoms with Gasteiger partial charge in [0.15, 0.2) is 0 Å². The van der Waals surface area contributed by atoms with Crippen molar-refractivity contribution in [2.45, 2.75) is 44.9 Å². The minimum atomic E-state index is -0.0707. The van der Waals surface area contributed by atoms with E-state index in [0.717, 1.165) is 29.7 Å². The van der Waals surface area contributed by atoms with Gasteiger partial charge in [0.2, 0.25) is 5.91 Å². The molecule has 0 spiro atoms. The molecule has 4 N–H and O–H groups in total. The van der Waals surface area contributed by atoms with E-state index in [1.54, 1.807) is 7.11 Å². The van der Waals surface area contributed by atoms with Crippen LogP contribution >= 0.6 is 24.8 Å². The Hall–Kier alpha value is -1.34. The zero-order chi connectivity index (χ0) is 16.4. The van der Waals surface area contributed by atoms with Gasteiger partial charge in [0, 0.05) is 19.1 Å². The summed E-state index contributed by atoms with van der Waals surface area (Å²) in [6.45, 7) is 2.45. The highest BCUT2D eigenvalue weighted by atomic mass is 35.5. The molecule has 1 aliphatic carbocycles. The van der Waals surface area contributed by atoms with Crippen LogP contribution in [0.15, 0.2) is 18.2 Å². The van der Waals surface area contributed by atoms with E-state index in [-0.39, 0.29) is 48.8 Å². The number of H-pyrrole nitrogens is 1. The van der Waals surface area contributed by atoms with Crippen LogP contribution in [-0.2, 0) is 16.1 Å². The molecule has 0 unspecified atom stereocenters. The Balaban J connectivity index is 0.00000156. The maximum absolute atomic E-state index is 12.3. The Labute approximate surface area is 160 Å². The van der Waals surface area contributed by atoms with Crippen molar-refractivity contribution in [3.05, 3.63) is 29.6 Å². The molecule has 1 aromatic carbocycles. The number of amides is 1. The molecule has 0 radical (unpaired) electrons. The number of nitrogens with two attached hydrogens (primary N) is 1. The smallest absolute Gasteiger partial charge is 0.223 e. The van der Waals surface area contributed by atoms with Crippen molar-refractivity contribution < 1.29 is 9.53 Å². The first-order chi connectivity index (χ1) is 11.1. The maximum Gasteiger partial charge on any atom is 0.223 e. The summed E-state index contributed by atoms with van der Waals surface area (Å²) in [6.07, 6.45) is 2.39. The quantitative estimate of drug-likeness (QED) is 0.749. The Morgan fingerprint density at radius 3 is 2.84 bits per heavy atom. The number of hydrogen-bond donors (Lipinski definition) is 3. The maximum atomic E-state index is 12.3. The summed E-state index contributed by atoms with van der Waals surface area (Å²) in [5, 5.41) is 2.97. The third-order valence-electron chi connectivity index (χ3n) is 4.62. The average molecular weight is 389 g/mol. The van der Waals surface area contributed by atoms with Crippen LogP contribution in [0, 0.1) is 12.8 Å². The van der Waals surface area contributed by atoms with Crippen molar-refractivity contribution in [3.63, 3.8) is 0 Å². The summed E-state index contributed by atoms with van der Waals surface area (Å²) in [4.78, 5) is 20.1. The van der Waals surface area contributed by atoms with Gasteiger partial charge in [0.1, 0.15) is 5.82 Å². The van der Waals surface area contributed by atoms with Gasteiger partial charge in [0.05, 0.1) is 23.7 Å². The second-order valence-electron chi connectivity index (χ2n) is 6.37. The standard InChI is InChI=1S/C17H24N4O2.2ClH/c1-10-3-5-13-14(7-10)21-16(20-13)9-19-17(22)11-4-6-15(23-2)12(18)8-11;;/h3,5,7,11-12,15H,4,6,8-9,18H2,1-2H3,(H,19,22)(H,20,21);2*1H/t11-,12+,15+;;/m0../s1. The first-order valence-corrected chi connectivity index (χ1v) is 8.08. The van der Waals surface area contributed by atoms with Crippen molar-refractivity contribution in [1.29, 1.82) is 0 Å². The molecule has 1 fully saturated rings. The van der Waals surface area contributed by atoms with E-state index in [2.05, 4.69) is 21.4 Å². The fourth-order valence-corrected chi connectivity index (χ4v) is 3.28. The number of aromatic amines is 1. The average Bonchev–Trinajstić information content (AvgIpc) is 2.94. The highest BCUT2D eigenvalue weighted by molar-refractivity contribution is 5.85. The van der Waals surface area contributed by atoms with Crippen molar-refractivity contribution in [2.24, 2.45) is 11.7 Å². The number of hydrogen-bond acceptors (Lipinski definition) is 4. The second-order valence-corrected chi connectivity index (χ2v) is 6.37. The zero-order valence-corrected chi connectivity index (χ0v) is 16.1. The van der Waals surface area contributed by atoms with E-state index < -0.39 is 0 Å². The summed E-state index contributed by atoms with van der Waals surface area (Å²) >= 11 is 0. The van der Waals surface area contributed by atoms with Crippen LogP contribution in [0.2, 0.25) is 0 Å². The number of methoxy groups -OCH3 is 1. The third kappa shape index (κ3) is 5.07. The number of fused-ring (bicyclic) bond motifs is 1. The first-order valence-electron chi connectivity index (χ1n) is 8.08. The predicted octanol–water partition coefficient (Wildman–Crippen LogP) is 2.47. The van der Waals surface area contributed by atoms with Gasteiger partial charge in [-0.3, -0.25) is 4.79 Å². The molecular formula is C17H26Cl2N4O2. The summed E-state index contributed by atoms with van der Waals surface area (Å²) in [5.74, 6) is 0.781. The van der Waals surface area contributed by atoms with Gasteiger partial charge in [-0.2, -0.15) is 0 Å². The van der Waals surface area contributed by atoms with Crippen LogP contribution in [0.5, 0.6) is 0 Å². The number of ether oxygens (including phenoxy) is 1. The van der Waals surface area contributed by atoms with E-state index in [4.69, 9.17) is 10.5 Å². The molecule has 6 nitrogen and oxygen atoms in total. The number of benzene rings is 1. The van der Waals surface area contributed by atoms with Gasteiger partial charge in [-0.25, -0.2) is 4.98 Å². The number of rotatable bonds is 4. The van der Waals surface area contributed by atoms with E-state index in [1.165, 1.54) is 5.56 Å². The number of aryl methyl sites for hydroxylation is 1. The number of aromatic nitrogens is 2. The summed E-state index contributed by atoms with van der Waals surface area (Å²) < 4.78 is 5.33. The Morgan fingerprint density at radius 1 is 1.40 bits per heavy atom. The van der Waals surface area contributed by atoms with Crippen LogP contribution in [0.4, 0.5) is 0 Å². The molecule has 1 aromatic heterocycles. The molecule has 1 amide bonds. The highest BCUT2D eigenvalue weighted by Crippen LogP contribution is 2.25. The summed E-state index contributed by atoms with van der Waals surface area (Å²) in [7, 11) is 1.67. The molecule has 1 saturated carbocycles. The van der Waals surface area contributed by atoms with Crippen molar-refractivity contribution in [3.8, 4) is 0 Å². The topological polar surface area (TPSA) is 93.0 Å². The molecule has 1 heterocycles. The number of nitrogens with one attached hydrogen (secondary N) is 2. The number of carbonyl (C=O) groups is 1. The first kappa shape index (κ1) is 21.7. The van der Waals surface area contributed by atoms with Crippen LogP contribution in [0.3, 0.4) is 0 Å². The molecule has 140 valence electrons. The van der Waals surface area contributed by atoms with Crippen LogP contribution in [0.1, 0.15) is 30.7 Å². The molecule has 2 aromatic rings. The van der Waals surface area contributed by atoms with Crippen molar-refractivity contribution in [2.75, 3.05) is 7.11 Å². The lowest BCUT2D eigenvalue weighted by atomic mass is 9.83. The minimum Gasteiger partial charge on any atom is -0.380 e. The molecule has 0 aliphatic heterocycles. The molecule has 1 aliphatic rings. The molecule has 8 heteroatoms. The second kappa shape index (κ2) is 9.38. The lowest BCUT2D eigenvalue weighted by molar-refractivity contribution is -0.127. The molecule has 25 heavy (non-hydrogen) atoms. The zero-order valence-electron chi connectivity index (χ0n) is 14.5. The largest absolute Gasteiger partial charge is 0.380 e. The SMILES string of the molecule is CO[C@@H]1CC[C@H](C(=O)NCc2nc3ccc(C)cc3[nH]2)C[C@H]1N.Cl.Cl. The lowest BCUT2D eigenvalue weighted by Gasteiger charge is -2.32. The highest BCUT2D eigenvalue weighted by Gasteiger charge is 2.31. The molecule has 3 rings (SSSR count). The number of imidazole rings is 1. The molecule has 0 saturated heterocycles. The van der Waals surface area contributed by atoms with Gasteiger partial charge < -0.3 is 20.8 Å². The van der Waals surface area contributed by atoms with Crippen LogP contribution in [0.25, 0.3) is 11.0 Å². The van der Waals surface area contributed by atoms with Crippen LogP contribution < -0.4 is 11.1 Å². The number of carbonyl (C=O) groups excluding carboxylic acids is 1. The fraction of sp³-hybridized carbons (Fsp3) is 0.529. The fourth-order valence-electron chi connectivity index (χ4n) is 3.28. The summed E-state index contributed by atoms with van der Waals surface area (Å²) in [6, 6.07) is 6.00. The third-order valence-corrected chi connectivity index (χ3v) is 4.62. The van der Waals surface area contributed by atoms with Crippen molar-refractivity contribution >= 4 is 41.8 Å². The minimum absolute atomic E-state index is 0. The van der Waals surface area contributed by atoms with E-state index in [0.29, 0.717) is 13.0 Å². The normalized spacial score (nSPS) is 22.8. The van der Waals surface area contributed by atoms with Gasteiger partial charge >= 0.3 is 0 Å². The number of halogens is 2. The Morgan fingerprint density at radius 2 is 2.16 bits per heavy atom. The molecule has 3 atom stereocenters. The van der Waals surface area contributed by atoms with Crippen molar-refractivity contribution in [1.82, 2.24) is 15.3 Å². The van der Waals surface area contributed by atoms with E-state index in [9.17, 15) is 4.79 Å². The molecular weight excluding hydrogens is 363 g/mol. The predicted molar refractivity (Wildman–Crippen MR) is 103 cm³/mol. The van der Waals surface area contributed by atoms with Gasteiger partial charge in [0.25, 0.3) is 0 Å². The summed E-state index contributed by atoms with van der Waals surface area (Å²) in [5.41, 5.74) is 9.16. The molecule has 0 bridgehead atoms. The number of nitrogens with zero attached hydrogens (tertiary/aromatic N) is 1. The van der Waals surface area contributed by atoms with Gasteiger partial charge in [-0.05, 0) is 43.9 Å². The monoisotopic (exact) mass is 388 g/mol.